The summed E-state index contributed by atoms with van der Waals surface area (Å²) >= 11 is 1.83. The molecule has 1 unspecified atom stereocenters. The monoisotopic (exact) mass is 266 g/mol. The molecule has 0 radical (unpaired) electrons. The van der Waals surface area contributed by atoms with Crippen LogP contribution in [0.2, 0.25) is 0 Å². The Hall–Kier alpha value is 0.220. The van der Waals surface area contributed by atoms with Crippen LogP contribution in [0, 0.1) is 0 Å². The molecule has 0 aromatic carbocycles. The molecule has 1 fully saturated rings. The molecular weight excluding hydrogens is 244 g/mol. The van der Waals surface area contributed by atoms with Crippen LogP contribution in [0.15, 0.2) is 0 Å². The van der Waals surface area contributed by atoms with E-state index in [0.717, 1.165) is 17.9 Å². The van der Waals surface area contributed by atoms with E-state index in [9.17, 15) is 8.42 Å². The van der Waals surface area contributed by atoms with E-state index in [0.29, 0.717) is 12.6 Å². The maximum Gasteiger partial charge on any atom is 0.215 e. The van der Waals surface area contributed by atoms with Gasteiger partial charge in [0.1, 0.15) is 0 Å². The van der Waals surface area contributed by atoms with Gasteiger partial charge in [-0.2, -0.15) is 11.8 Å². The van der Waals surface area contributed by atoms with E-state index in [1.54, 1.807) is 11.4 Å². The molecule has 0 spiro atoms. The van der Waals surface area contributed by atoms with Crippen LogP contribution in [0.25, 0.3) is 0 Å². The van der Waals surface area contributed by atoms with Gasteiger partial charge in [-0.3, -0.25) is 0 Å². The molecule has 1 N–H and O–H groups in total. The van der Waals surface area contributed by atoms with Crippen molar-refractivity contribution in [2.24, 2.45) is 0 Å². The lowest BCUT2D eigenvalue weighted by Gasteiger charge is -2.23. The van der Waals surface area contributed by atoms with Crippen LogP contribution >= 0.6 is 11.8 Å². The summed E-state index contributed by atoms with van der Waals surface area (Å²) in [4.78, 5) is 0. The first-order chi connectivity index (χ1) is 7.43. The third kappa shape index (κ3) is 4.24. The van der Waals surface area contributed by atoms with Gasteiger partial charge in [-0.1, -0.05) is 13.8 Å². The fraction of sp³-hybridized carbons (Fsp3) is 1.00. The number of hydrogen-bond donors (Lipinski definition) is 1. The van der Waals surface area contributed by atoms with Crippen molar-refractivity contribution in [2.75, 3.05) is 30.9 Å². The van der Waals surface area contributed by atoms with Crippen LogP contribution in [0.5, 0.6) is 0 Å². The van der Waals surface area contributed by atoms with Crippen molar-refractivity contribution in [1.82, 2.24) is 9.62 Å². The van der Waals surface area contributed by atoms with Gasteiger partial charge in [0.15, 0.2) is 0 Å². The smallest absolute Gasteiger partial charge is 0.215 e. The molecule has 0 aromatic heterocycles. The van der Waals surface area contributed by atoms with Gasteiger partial charge in [0.05, 0.1) is 5.75 Å². The quantitative estimate of drug-likeness (QED) is 0.771. The topological polar surface area (TPSA) is 49.4 Å². The number of sulfonamides is 1. The Balaban J connectivity index is 2.42. The lowest BCUT2D eigenvalue weighted by molar-refractivity contribution is 0.393. The fourth-order valence-electron chi connectivity index (χ4n) is 1.66. The number of nitrogens with zero attached hydrogens (tertiary/aromatic N) is 1. The highest BCUT2D eigenvalue weighted by Gasteiger charge is 2.28. The Morgan fingerprint density at radius 3 is 2.69 bits per heavy atom. The Bertz CT molecular complexity index is 298. The molecule has 0 aliphatic carbocycles. The standard InChI is InChI=1S/C10H22N2O2S2/c1-9(2)11-5-7-16(13,14)12(3)10-4-6-15-8-10/h9-11H,4-8H2,1-3H3. The van der Waals surface area contributed by atoms with Crippen LogP contribution in [0.1, 0.15) is 20.3 Å². The minimum atomic E-state index is -3.08. The summed E-state index contributed by atoms with van der Waals surface area (Å²) in [5.41, 5.74) is 0. The van der Waals surface area contributed by atoms with Gasteiger partial charge in [-0.05, 0) is 12.2 Å². The highest BCUT2D eigenvalue weighted by molar-refractivity contribution is 7.99. The minimum Gasteiger partial charge on any atom is -0.313 e. The van der Waals surface area contributed by atoms with Gasteiger partial charge in [0.25, 0.3) is 0 Å². The van der Waals surface area contributed by atoms with Gasteiger partial charge < -0.3 is 5.32 Å². The van der Waals surface area contributed by atoms with E-state index < -0.39 is 10.0 Å². The Morgan fingerprint density at radius 1 is 1.50 bits per heavy atom. The van der Waals surface area contributed by atoms with Crippen LogP contribution in [-0.4, -0.2) is 55.7 Å². The van der Waals surface area contributed by atoms with Crippen molar-refractivity contribution < 1.29 is 8.42 Å². The average Bonchev–Trinajstić information content (AvgIpc) is 2.68. The third-order valence-corrected chi connectivity index (χ3v) is 5.81. The molecule has 1 aliphatic heterocycles. The van der Waals surface area contributed by atoms with Gasteiger partial charge in [0.2, 0.25) is 10.0 Å². The molecule has 1 heterocycles. The van der Waals surface area contributed by atoms with E-state index in [1.165, 1.54) is 0 Å². The van der Waals surface area contributed by atoms with E-state index in [1.807, 2.05) is 25.6 Å². The average molecular weight is 266 g/mol. The van der Waals surface area contributed by atoms with Crippen molar-refractivity contribution in [2.45, 2.75) is 32.4 Å². The van der Waals surface area contributed by atoms with E-state index in [2.05, 4.69) is 5.32 Å². The molecule has 0 amide bonds. The summed E-state index contributed by atoms with van der Waals surface area (Å²) < 4.78 is 25.5. The van der Waals surface area contributed by atoms with Crippen molar-refractivity contribution >= 4 is 21.8 Å². The first-order valence-corrected chi connectivity index (χ1v) is 8.46. The fourth-order valence-corrected chi connectivity index (χ4v) is 4.32. The summed E-state index contributed by atoms with van der Waals surface area (Å²) in [6.07, 6.45) is 0.984. The molecule has 4 nitrogen and oxygen atoms in total. The summed E-state index contributed by atoms with van der Waals surface area (Å²) in [7, 11) is -1.37. The zero-order valence-electron chi connectivity index (χ0n) is 10.3. The molecule has 0 bridgehead atoms. The van der Waals surface area contributed by atoms with Crippen molar-refractivity contribution in [1.29, 1.82) is 0 Å². The highest BCUT2D eigenvalue weighted by Crippen LogP contribution is 2.23. The molecule has 1 rings (SSSR count). The Kier molecular flexibility index (Phi) is 5.56. The van der Waals surface area contributed by atoms with Crippen LogP contribution in [-0.2, 0) is 10.0 Å². The lowest BCUT2D eigenvalue weighted by Crippen LogP contribution is -2.41. The van der Waals surface area contributed by atoms with E-state index >= 15 is 0 Å². The molecular formula is C10H22N2O2S2. The van der Waals surface area contributed by atoms with Crippen LogP contribution in [0.4, 0.5) is 0 Å². The van der Waals surface area contributed by atoms with Crippen molar-refractivity contribution in [3.05, 3.63) is 0 Å². The van der Waals surface area contributed by atoms with E-state index in [4.69, 9.17) is 0 Å². The zero-order chi connectivity index (χ0) is 12.2. The first kappa shape index (κ1) is 14.3. The minimum absolute atomic E-state index is 0.197. The van der Waals surface area contributed by atoms with Gasteiger partial charge >= 0.3 is 0 Å². The van der Waals surface area contributed by atoms with E-state index in [-0.39, 0.29) is 11.8 Å². The molecule has 1 aliphatic rings. The molecule has 1 atom stereocenters. The molecule has 0 aromatic rings. The maximum atomic E-state index is 12.0. The van der Waals surface area contributed by atoms with Gasteiger partial charge in [0, 0.05) is 31.4 Å². The molecule has 6 heteroatoms. The summed E-state index contributed by atoms with van der Waals surface area (Å²) in [6, 6.07) is 0.539. The zero-order valence-corrected chi connectivity index (χ0v) is 11.9. The first-order valence-electron chi connectivity index (χ1n) is 5.70. The number of rotatable bonds is 6. The summed E-state index contributed by atoms with van der Waals surface area (Å²) in [6.45, 7) is 4.57. The lowest BCUT2D eigenvalue weighted by atomic mass is 10.3. The third-order valence-electron chi connectivity index (χ3n) is 2.77. The molecule has 16 heavy (non-hydrogen) atoms. The van der Waals surface area contributed by atoms with Crippen molar-refractivity contribution in [3.8, 4) is 0 Å². The van der Waals surface area contributed by atoms with Crippen molar-refractivity contribution in [3.63, 3.8) is 0 Å². The second-order valence-electron chi connectivity index (χ2n) is 4.46. The normalized spacial score (nSPS) is 22.2. The number of nitrogens with one attached hydrogen (secondary N) is 1. The predicted octanol–water partition coefficient (Wildman–Crippen LogP) is 0.751. The summed E-state index contributed by atoms with van der Waals surface area (Å²) in [5, 5.41) is 3.14. The van der Waals surface area contributed by atoms with Gasteiger partial charge in [-0.25, -0.2) is 12.7 Å². The largest absolute Gasteiger partial charge is 0.313 e. The second-order valence-corrected chi connectivity index (χ2v) is 7.76. The number of thioether (sulfide) groups is 1. The van der Waals surface area contributed by atoms with Crippen LogP contribution in [0.3, 0.4) is 0 Å². The Morgan fingerprint density at radius 2 is 2.19 bits per heavy atom. The van der Waals surface area contributed by atoms with Gasteiger partial charge in [-0.15, -0.1) is 0 Å². The highest BCUT2D eigenvalue weighted by atomic mass is 32.2. The molecule has 96 valence electrons. The predicted molar refractivity (Wildman–Crippen MR) is 70.4 cm³/mol. The SMILES string of the molecule is CC(C)NCCS(=O)(=O)N(C)C1CCSC1. The Labute approximate surface area is 103 Å². The summed E-state index contributed by atoms with van der Waals surface area (Å²) in [5.74, 6) is 2.21. The second kappa shape index (κ2) is 6.23. The van der Waals surface area contributed by atoms with Crippen LogP contribution < -0.4 is 5.32 Å². The number of hydrogen-bond acceptors (Lipinski definition) is 4. The maximum absolute atomic E-state index is 12.0. The molecule has 0 saturated carbocycles. The molecule has 1 saturated heterocycles.